The van der Waals surface area contributed by atoms with Crippen molar-refractivity contribution in [2.45, 2.75) is 20.4 Å². The van der Waals surface area contributed by atoms with E-state index in [1.807, 2.05) is 31.2 Å². The fraction of sp³-hybridized carbons (Fsp3) is 0.333. The van der Waals surface area contributed by atoms with Gasteiger partial charge in [-0.1, -0.05) is 12.1 Å². The Labute approximate surface area is 127 Å². The van der Waals surface area contributed by atoms with Crippen molar-refractivity contribution in [1.29, 1.82) is 0 Å². The second-order valence-corrected chi connectivity index (χ2v) is 5.55. The molecular formula is C15H18N2O3S. The molecule has 0 saturated heterocycles. The minimum Gasteiger partial charge on any atom is -0.497 e. The first kappa shape index (κ1) is 15.3. The van der Waals surface area contributed by atoms with Gasteiger partial charge < -0.3 is 14.8 Å². The minimum atomic E-state index is -0.374. The second kappa shape index (κ2) is 7.08. The van der Waals surface area contributed by atoms with Gasteiger partial charge in [0.05, 0.1) is 13.7 Å². The third kappa shape index (κ3) is 3.95. The van der Waals surface area contributed by atoms with Crippen LogP contribution in [0.1, 0.15) is 27.9 Å². The molecule has 0 aliphatic heterocycles. The van der Waals surface area contributed by atoms with Gasteiger partial charge in [-0.05, 0) is 31.5 Å². The van der Waals surface area contributed by atoms with E-state index in [1.165, 1.54) is 11.3 Å². The van der Waals surface area contributed by atoms with Crippen molar-refractivity contribution in [3.05, 3.63) is 40.4 Å². The average molecular weight is 306 g/mol. The maximum atomic E-state index is 11.7. The number of nitrogens with zero attached hydrogens (tertiary/aromatic N) is 1. The lowest BCUT2D eigenvalue weighted by atomic mass is 10.2. The van der Waals surface area contributed by atoms with Crippen molar-refractivity contribution >= 4 is 22.4 Å². The standard InChI is InChI=1S/C15H18N2O3S/c1-4-20-14(18)13-10(2)21-15(17-13)16-9-11-6-5-7-12(8-11)19-3/h5-8H,4,9H2,1-3H3,(H,16,17). The van der Waals surface area contributed by atoms with E-state index < -0.39 is 0 Å². The van der Waals surface area contributed by atoms with Crippen LogP contribution < -0.4 is 10.1 Å². The van der Waals surface area contributed by atoms with Gasteiger partial charge in [0.25, 0.3) is 0 Å². The largest absolute Gasteiger partial charge is 0.497 e. The fourth-order valence-electron chi connectivity index (χ4n) is 1.82. The SMILES string of the molecule is CCOC(=O)c1nc(NCc2cccc(OC)c2)sc1C. The number of methoxy groups -OCH3 is 1. The molecule has 2 rings (SSSR count). The van der Waals surface area contributed by atoms with Crippen molar-refractivity contribution in [1.82, 2.24) is 4.98 Å². The molecule has 5 nitrogen and oxygen atoms in total. The van der Waals surface area contributed by atoms with E-state index in [2.05, 4.69) is 10.3 Å². The van der Waals surface area contributed by atoms with Crippen molar-refractivity contribution in [2.24, 2.45) is 0 Å². The van der Waals surface area contributed by atoms with Crippen LogP contribution in [0.3, 0.4) is 0 Å². The van der Waals surface area contributed by atoms with Crippen molar-refractivity contribution in [3.63, 3.8) is 0 Å². The molecule has 0 bridgehead atoms. The average Bonchev–Trinajstić information content (AvgIpc) is 2.87. The molecular weight excluding hydrogens is 288 g/mol. The Morgan fingerprint density at radius 2 is 2.24 bits per heavy atom. The first-order valence-electron chi connectivity index (χ1n) is 6.65. The van der Waals surface area contributed by atoms with Gasteiger partial charge in [-0.25, -0.2) is 9.78 Å². The van der Waals surface area contributed by atoms with Crippen LogP contribution in [0.5, 0.6) is 5.75 Å². The number of carbonyl (C=O) groups excluding carboxylic acids is 1. The predicted molar refractivity (Wildman–Crippen MR) is 83.1 cm³/mol. The zero-order valence-corrected chi connectivity index (χ0v) is 13.1. The van der Waals surface area contributed by atoms with Crippen molar-refractivity contribution in [2.75, 3.05) is 19.0 Å². The molecule has 0 aliphatic rings. The zero-order chi connectivity index (χ0) is 15.2. The smallest absolute Gasteiger partial charge is 0.358 e. The fourth-order valence-corrected chi connectivity index (χ4v) is 2.62. The van der Waals surface area contributed by atoms with E-state index in [-0.39, 0.29) is 5.97 Å². The van der Waals surface area contributed by atoms with Crippen LogP contribution in [0, 0.1) is 6.92 Å². The zero-order valence-electron chi connectivity index (χ0n) is 12.3. The maximum absolute atomic E-state index is 11.7. The third-order valence-corrected chi connectivity index (χ3v) is 3.77. The van der Waals surface area contributed by atoms with Crippen LogP contribution >= 0.6 is 11.3 Å². The number of esters is 1. The number of aryl methyl sites for hydroxylation is 1. The quantitative estimate of drug-likeness (QED) is 0.830. The Morgan fingerprint density at radius 3 is 2.95 bits per heavy atom. The summed E-state index contributed by atoms with van der Waals surface area (Å²) in [5.74, 6) is 0.442. The van der Waals surface area contributed by atoms with Crippen molar-refractivity contribution < 1.29 is 14.3 Å². The number of thiazole rings is 1. The van der Waals surface area contributed by atoms with Gasteiger partial charge in [0.1, 0.15) is 5.75 Å². The minimum absolute atomic E-state index is 0.350. The summed E-state index contributed by atoms with van der Waals surface area (Å²) in [4.78, 5) is 16.9. The van der Waals surface area contributed by atoms with Gasteiger partial charge in [0.2, 0.25) is 0 Å². The predicted octanol–water partition coefficient (Wildman–Crippen LogP) is 3.25. The summed E-state index contributed by atoms with van der Waals surface area (Å²) in [5, 5.41) is 3.92. The van der Waals surface area contributed by atoms with Crippen LogP contribution in [-0.4, -0.2) is 24.7 Å². The van der Waals surface area contributed by atoms with Crippen molar-refractivity contribution in [3.8, 4) is 5.75 Å². The highest BCUT2D eigenvalue weighted by Crippen LogP contribution is 2.23. The molecule has 1 aromatic carbocycles. The Kier molecular flexibility index (Phi) is 5.16. The number of ether oxygens (including phenoxy) is 2. The summed E-state index contributed by atoms with van der Waals surface area (Å²) in [6, 6.07) is 7.80. The summed E-state index contributed by atoms with van der Waals surface area (Å²) < 4.78 is 10.2. The summed E-state index contributed by atoms with van der Waals surface area (Å²) in [6.07, 6.45) is 0. The topological polar surface area (TPSA) is 60.5 Å². The molecule has 0 amide bonds. The number of hydrogen-bond donors (Lipinski definition) is 1. The molecule has 1 N–H and O–H groups in total. The molecule has 0 saturated carbocycles. The number of anilines is 1. The number of nitrogens with one attached hydrogen (secondary N) is 1. The lowest BCUT2D eigenvalue weighted by Crippen LogP contribution is -2.07. The van der Waals surface area contributed by atoms with E-state index in [4.69, 9.17) is 9.47 Å². The van der Waals surface area contributed by atoms with E-state index in [9.17, 15) is 4.79 Å². The summed E-state index contributed by atoms with van der Waals surface area (Å²) >= 11 is 1.44. The van der Waals surface area contributed by atoms with Gasteiger partial charge in [-0.3, -0.25) is 0 Å². The lowest BCUT2D eigenvalue weighted by Gasteiger charge is -2.05. The Hall–Kier alpha value is -2.08. The first-order valence-corrected chi connectivity index (χ1v) is 7.47. The Bertz CT molecular complexity index is 625. The molecule has 0 unspecified atom stereocenters. The van der Waals surface area contributed by atoms with Gasteiger partial charge >= 0.3 is 5.97 Å². The number of benzene rings is 1. The number of carbonyl (C=O) groups is 1. The van der Waals surface area contributed by atoms with Crippen LogP contribution in [-0.2, 0) is 11.3 Å². The van der Waals surface area contributed by atoms with Crippen LogP contribution in [0.15, 0.2) is 24.3 Å². The van der Waals surface area contributed by atoms with E-state index >= 15 is 0 Å². The molecule has 0 spiro atoms. The monoisotopic (exact) mass is 306 g/mol. The number of rotatable bonds is 6. The van der Waals surface area contributed by atoms with E-state index in [0.717, 1.165) is 16.2 Å². The highest BCUT2D eigenvalue weighted by molar-refractivity contribution is 7.15. The van der Waals surface area contributed by atoms with E-state index in [0.29, 0.717) is 24.0 Å². The van der Waals surface area contributed by atoms with Crippen LogP contribution in [0.25, 0.3) is 0 Å². The molecule has 21 heavy (non-hydrogen) atoms. The summed E-state index contributed by atoms with van der Waals surface area (Å²) in [6.45, 7) is 4.61. The van der Waals surface area contributed by atoms with Crippen LogP contribution in [0.2, 0.25) is 0 Å². The highest BCUT2D eigenvalue weighted by atomic mass is 32.1. The van der Waals surface area contributed by atoms with Gasteiger partial charge in [-0.15, -0.1) is 11.3 Å². The first-order chi connectivity index (χ1) is 10.1. The van der Waals surface area contributed by atoms with Gasteiger partial charge in [0, 0.05) is 11.4 Å². The molecule has 0 radical (unpaired) electrons. The van der Waals surface area contributed by atoms with Gasteiger partial charge in [-0.2, -0.15) is 0 Å². The molecule has 0 fully saturated rings. The maximum Gasteiger partial charge on any atom is 0.358 e. The normalized spacial score (nSPS) is 10.2. The summed E-state index contributed by atoms with van der Waals surface area (Å²) in [7, 11) is 1.64. The Morgan fingerprint density at radius 1 is 1.43 bits per heavy atom. The lowest BCUT2D eigenvalue weighted by molar-refractivity contribution is 0.0519. The summed E-state index contributed by atoms with van der Waals surface area (Å²) in [5.41, 5.74) is 1.47. The molecule has 112 valence electrons. The molecule has 2 aromatic rings. The van der Waals surface area contributed by atoms with Gasteiger partial charge in [0.15, 0.2) is 10.8 Å². The molecule has 0 aliphatic carbocycles. The third-order valence-electron chi connectivity index (χ3n) is 2.84. The van der Waals surface area contributed by atoms with E-state index in [1.54, 1.807) is 14.0 Å². The molecule has 0 atom stereocenters. The number of hydrogen-bond acceptors (Lipinski definition) is 6. The molecule has 6 heteroatoms. The Balaban J connectivity index is 2.03. The molecule has 1 heterocycles. The second-order valence-electron chi connectivity index (χ2n) is 4.35. The molecule has 1 aromatic heterocycles. The highest BCUT2D eigenvalue weighted by Gasteiger charge is 2.16. The number of aromatic nitrogens is 1. The van der Waals surface area contributed by atoms with Crippen LogP contribution in [0.4, 0.5) is 5.13 Å².